The zero-order chi connectivity index (χ0) is 18.1. The predicted octanol–water partition coefficient (Wildman–Crippen LogP) is 0.836. The second-order valence-corrected chi connectivity index (χ2v) is 7.52. The minimum absolute atomic E-state index is 0.0848. The first-order valence-electron chi connectivity index (χ1n) is 8.11. The Hall–Kier alpha value is -1.24. The van der Waals surface area contributed by atoms with E-state index in [-0.39, 0.29) is 5.82 Å². The van der Waals surface area contributed by atoms with E-state index in [1.54, 1.807) is 6.92 Å². The third kappa shape index (κ3) is 3.96. The maximum atomic E-state index is 12.2. The van der Waals surface area contributed by atoms with Crippen LogP contribution in [0.5, 0.6) is 0 Å². The predicted molar refractivity (Wildman–Crippen MR) is 95.1 cm³/mol. The van der Waals surface area contributed by atoms with Crippen molar-refractivity contribution in [1.29, 1.82) is 0 Å². The maximum absolute atomic E-state index is 12.2. The Labute approximate surface area is 157 Å². The number of carbonyl (C=O) groups is 1. The lowest BCUT2D eigenvalue weighted by Gasteiger charge is -2.24. The number of anilines is 1. The van der Waals surface area contributed by atoms with Crippen LogP contribution >= 0.6 is 22.6 Å². The van der Waals surface area contributed by atoms with Crippen molar-refractivity contribution >= 4 is 34.5 Å². The molecular weight excluding hydrogens is 445 g/mol. The summed E-state index contributed by atoms with van der Waals surface area (Å²) in [5.74, 6) is 0.502. The molecule has 0 bridgehead atoms. The van der Waals surface area contributed by atoms with E-state index in [0.717, 1.165) is 23.8 Å². The largest absolute Gasteiger partial charge is 0.449 e. The lowest BCUT2D eigenvalue weighted by atomic mass is 9.86. The van der Waals surface area contributed by atoms with Crippen LogP contribution in [0.2, 0.25) is 0 Å². The number of ether oxygens (including phenoxy) is 2. The Morgan fingerprint density at radius 1 is 1.48 bits per heavy atom. The van der Waals surface area contributed by atoms with Crippen LogP contribution in [-0.2, 0) is 9.47 Å². The normalized spacial score (nSPS) is 29.3. The highest BCUT2D eigenvalue weighted by atomic mass is 127. The molecule has 1 saturated heterocycles. The van der Waals surface area contributed by atoms with Crippen molar-refractivity contribution in [2.24, 2.45) is 5.92 Å². The molecule has 3 N–H and O–H groups in total. The van der Waals surface area contributed by atoms with Gasteiger partial charge in [0, 0.05) is 6.20 Å². The van der Waals surface area contributed by atoms with Gasteiger partial charge < -0.3 is 19.7 Å². The molecule has 3 rings (SSSR count). The number of nitrogens with zero attached hydrogens (tertiary/aromatic N) is 2. The molecule has 1 aliphatic carbocycles. The second kappa shape index (κ2) is 7.56. The van der Waals surface area contributed by atoms with Gasteiger partial charge in [0.1, 0.15) is 12.2 Å². The molecular formula is C15H20IN3O6. The minimum Gasteiger partial charge on any atom is -0.449 e. The topological polar surface area (TPSA) is 123 Å². The number of nitrogens with one attached hydrogen (secondary N) is 1. The summed E-state index contributed by atoms with van der Waals surface area (Å²) >= 11 is 1.91. The number of hydrogen-bond acceptors (Lipinski definition) is 7. The third-order valence-corrected chi connectivity index (χ3v) is 5.34. The van der Waals surface area contributed by atoms with Crippen molar-refractivity contribution in [1.82, 2.24) is 9.55 Å². The van der Waals surface area contributed by atoms with Crippen molar-refractivity contribution < 1.29 is 24.5 Å². The molecule has 0 radical (unpaired) electrons. The van der Waals surface area contributed by atoms with Gasteiger partial charge in [0.2, 0.25) is 0 Å². The minimum atomic E-state index is -1.24. The molecule has 2 aliphatic rings. The van der Waals surface area contributed by atoms with Gasteiger partial charge in [-0.1, -0.05) is 6.42 Å². The van der Waals surface area contributed by atoms with Crippen LogP contribution in [0, 0.1) is 9.49 Å². The van der Waals surface area contributed by atoms with Crippen LogP contribution in [0.3, 0.4) is 0 Å². The molecule has 1 aliphatic heterocycles. The van der Waals surface area contributed by atoms with Crippen LogP contribution in [-0.4, -0.2) is 50.8 Å². The smallest absolute Gasteiger partial charge is 0.412 e. The summed E-state index contributed by atoms with van der Waals surface area (Å²) in [6.45, 7) is 1.96. The highest BCUT2D eigenvalue weighted by Gasteiger charge is 2.42. The summed E-state index contributed by atoms with van der Waals surface area (Å²) in [7, 11) is 0. The van der Waals surface area contributed by atoms with E-state index in [1.165, 1.54) is 6.20 Å². The quantitative estimate of drug-likeness (QED) is 0.564. The fourth-order valence-electron chi connectivity index (χ4n) is 2.76. The van der Waals surface area contributed by atoms with E-state index in [1.807, 2.05) is 22.6 Å². The fourth-order valence-corrected chi connectivity index (χ4v) is 3.31. The van der Waals surface area contributed by atoms with Crippen molar-refractivity contribution in [2.45, 2.75) is 50.7 Å². The van der Waals surface area contributed by atoms with E-state index in [9.17, 15) is 19.8 Å². The van der Waals surface area contributed by atoms with Crippen molar-refractivity contribution in [2.75, 3.05) is 11.9 Å². The molecule has 138 valence electrons. The molecule has 25 heavy (non-hydrogen) atoms. The molecule has 0 spiro atoms. The van der Waals surface area contributed by atoms with Gasteiger partial charge in [-0.3, -0.25) is 9.88 Å². The van der Waals surface area contributed by atoms with Crippen molar-refractivity contribution in [3.63, 3.8) is 0 Å². The van der Waals surface area contributed by atoms with E-state index < -0.39 is 36.3 Å². The average Bonchev–Trinajstić information content (AvgIpc) is 2.76. The zero-order valence-electron chi connectivity index (χ0n) is 13.6. The van der Waals surface area contributed by atoms with Gasteiger partial charge in [-0.2, -0.15) is 4.98 Å². The summed E-state index contributed by atoms with van der Waals surface area (Å²) < 4.78 is 12.1. The Morgan fingerprint density at radius 3 is 2.76 bits per heavy atom. The summed E-state index contributed by atoms with van der Waals surface area (Å²) in [6, 6.07) is 0. The van der Waals surface area contributed by atoms with Crippen LogP contribution in [0.4, 0.5) is 10.6 Å². The van der Waals surface area contributed by atoms with E-state index in [0.29, 0.717) is 16.1 Å². The summed E-state index contributed by atoms with van der Waals surface area (Å²) in [5.41, 5.74) is -0.708. The van der Waals surface area contributed by atoms with Gasteiger partial charge in [0.25, 0.3) is 0 Å². The van der Waals surface area contributed by atoms with Gasteiger partial charge in [0.15, 0.2) is 12.0 Å². The van der Waals surface area contributed by atoms with Gasteiger partial charge in [-0.15, -0.1) is 0 Å². The molecule has 1 amide bonds. The lowest BCUT2D eigenvalue weighted by Crippen LogP contribution is -2.36. The molecule has 2 fully saturated rings. The number of aliphatic hydroxyl groups is 2. The van der Waals surface area contributed by atoms with Gasteiger partial charge in [0.05, 0.1) is 16.3 Å². The van der Waals surface area contributed by atoms with Crippen LogP contribution in [0.25, 0.3) is 0 Å². The van der Waals surface area contributed by atoms with Crippen molar-refractivity contribution in [3.8, 4) is 0 Å². The SMILES string of the molecule is C[C@H]1O[C@@H](n2cc(I)c(NC(=O)OCC3CCC3)nc2=O)[C@H](O)[C@@H]1O. The van der Waals surface area contributed by atoms with E-state index in [2.05, 4.69) is 10.3 Å². The number of aliphatic hydroxyl groups excluding tert-OH is 2. The number of amides is 1. The summed E-state index contributed by atoms with van der Waals surface area (Å²) in [5, 5.41) is 22.2. The zero-order valence-corrected chi connectivity index (χ0v) is 15.7. The van der Waals surface area contributed by atoms with E-state index in [4.69, 9.17) is 9.47 Å². The number of halogens is 1. The second-order valence-electron chi connectivity index (χ2n) is 6.36. The number of carbonyl (C=O) groups excluding carboxylic acids is 1. The monoisotopic (exact) mass is 465 g/mol. The summed E-state index contributed by atoms with van der Waals surface area (Å²) in [4.78, 5) is 27.9. The van der Waals surface area contributed by atoms with Crippen molar-refractivity contribution in [3.05, 3.63) is 20.3 Å². The molecule has 0 aromatic carbocycles. The Morgan fingerprint density at radius 2 is 2.20 bits per heavy atom. The lowest BCUT2D eigenvalue weighted by molar-refractivity contribution is -0.0351. The van der Waals surface area contributed by atoms with Crippen LogP contribution < -0.4 is 11.0 Å². The molecule has 1 aromatic heterocycles. The molecule has 1 aromatic rings. The fraction of sp³-hybridized carbons (Fsp3) is 0.667. The standard InChI is InChI=1S/C15H20IN3O6/c1-7-10(20)11(21)13(25-7)19-5-9(16)12(17-14(19)22)18-15(23)24-6-8-3-2-4-8/h5,7-8,10-11,13,20-21H,2-4,6H2,1H3,(H,17,18,22,23)/t7-,10-,11-,13-/m1/s1. The first kappa shape index (κ1) is 18.5. The molecule has 9 nitrogen and oxygen atoms in total. The maximum Gasteiger partial charge on any atom is 0.412 e. The van der Waals surface area contributed by atoms with E-state index >= 15 is 0 Å². The van der Waals surface area contributed by atoms with Crippen LogP contribution in [0.1, 0.15) is 32.4 Å². The first-order chi connectivity index (χ1) is 11.9. The van der Waals surface area contributed by atoms with Gasteiger partial charge in [-0.25, -0.2) is 9.59 Å². The van der Waals surface area contributed by atoms with Crippen LogP contribution in [0.15, 0.2) is 11.0 Å². The molecule has 4 atom stereocenters. The summed E-state index contributed by atoms with van der Waals surface area (Å²) in [6.07, 6.45) is 0.0782. The number of aromatic nitrogens is 2. The number of rotatable bonds is 4. The Bertz CT molecular complexity index is 707. The molecule has 10 heteroatoms. The number of hydrogen-bond donors (Lipinski definition) is 3. The molecule has 1 saturated carbocycles. The highest BCUT2D eigenvalue weighted by molar-refractivity contribution is 14.1. The first-order valence-corrected chi connectivity index (χ1v) is 9.18. The van der Waals surface area contributed by atoms with Gasteiger partial charge in [-0.05, 0) is 48.3 Å². The highest BCUT2D eigenvalue weighted by Crippen LogP contribution is 2.29. The molecule has 2 heterocycles. The Kier molecular flexibility index (Phi) is 5.61. The third-order valence-electron chi connectivity index (χ3n) is 4.55. The van der Waals surface area contributed by atoms with Gasteiger partial charge >= 0.3 is 11.8 Å². The Balaban J connectivity index is 1.69. The average molecular weight is 465 g/mol. The molecule has 0 unspecified atom stereocenters.